The molecule has 0 aliphatic carbocycles. The molecule has 2 N–H and O–H groups in total. The van der Waals surface area contributed by atoms with Gasteiger partial charge < -0.3 is 14.7 Å². The molecule has 1 aliphatic rings. The summed E-state index contributed by atoms with van der Waals surface area (Å²) in [5.41, 5.74) is 0.615. The quantitative estimate of drug-likeness (QED) is 0.507. The van der Waals surface area contributed by atoms with Crippen LogP contribution >= 0.6 is 32.9 Å². The second-order valence-corrected chi connectivity index (χ2v) is 7.05. The summed E-state index contributed by atoms with van der Waals surface area (Å²) in [4.78, 5) is 42.9. The summed E-state index contributed by atoms with van der Waals surface area (Å²) in [6.07, 6.45) is 2.76. The highest BCUT2D eigenvalue weighted by Gasteiger charge is 2.30. The highest BCUT2D eigenvalue weighted by atomic mass is 79.9. The van der Waals surface area contributed by atoms with E-state index in [0.29, 0.717) is 24.2 Å². The Balaban J connectivity index is 0.00000243. The van der Waals surface area contributed by atoms with Crippen LogP contribution in [0.5, 0.6) is 0 Å². The normalized spacial score (nSPS) is 17.7. The first-order chi connectivity index (χ1) is 12.0. The number of likely N-dealkylation sites (tertiary alicyclic amines) is 1. The van der Waals surface area contributed by atoms with Crippen molar-refractivity contribution in [1.29, 1.82) is 0 Å². The molecule has 1 aliphatic heterocycles. The first-order valence-corrected chi connectivity index (χ1v) is 9.14. The Labute approximate surface area is 169 Å². The van der Waals surface area contributed by atoms with E-state index in [1.165, 1.54) is 0 Å². The van der Waals surface area contributed by atoms with Gasteiger partial charge in [-0.15, -0.1) is 17.0 Å². The topological polar surface area (TPSA) is 95.3 Å². The fourth-order valence-electron chi connectivity index (χ4n) is 3.29. The highest BCUT2D eigenvalue weighted by Crippen LogP contribution is 2.25. The van der Waals surface area contributed by atoms with Crippen LogP contribution in [0.25, 0.3) is 11.0 Å². The minimum absolute atomic E-state index is 0. The SMILES string of the molecule is Br.CCOC(=O)C1CCCCN1Cc1cc(Br)cc2[nH]c(=O)c(=O)[nH]c12. The molecule has 1 aromatic carbocycles. The Morgan fingerprint density at radius 3 is 2.73 bits per heavy atom. The third-order valence-corrected chi connectivity index (χ3v) is 4.88. The van der Waals surface area contributed by atoms with E-state index in [1.807, 2.05) is 6.07 Å². The number of rotatable bonds is 4. The van der Waals surface area contributed by atoms with E-state index in [1.54, 1.807) is 13.0 Å². The van der Waals surface area contributed by atoms with Crippen LogP contribution in [0.4, 0.5) is 0 Å². The number of hydrogen-bond donors (Lipinski definition) is 2. The molecule has 0 spiro atoms. The number of fused-ring (bicyclic) bond motifs is 1. The zero-order valence-electron chi connectivity index (χ0n) is 14.3. The van der Waals surface area contributed by atoms with E-state index in [-0.39, 0.29) is 29.0 Å². The Hall–Kier alpha value is -1.45. The summed E-state index contributed by atoms with van der Waals surface area (Å²) in [6, 6.07) is 3.36. The van der Waals surface area contributed by atoms with Crippen molar-refractivity contribution in [2.45, 2.75) is 38.8 Å². The highest BCUT2D eigenvalue weighted by molar-refractivity contribution is 9.10. The lowest BCUT2D eigenvalue weighted by Crippen LogP contribution is -2.45. The lowest BCUT2D eigenvalue weighted by atomic mass is 10.0. The Bertz CT molecular complexity index is 909. The molecular weight excluding hydrogens is 470 g/mol. The monoisotopic (exact) mass is 489 g/mol. The number of halogens is 2. The second-order valence-electron chi connectivity index (χ2n) is 6.13. The van der Waals surface area contributed by atoms with Crippen molar-refractivity contribution in [2.75, 3.05) is 13.2 Å². The van der Waals surface area contributed by atoms with Gasteiger partial charge in [-0.2, -0.15) is 0 Å². The number of carbonyl (C=O) groups excluding carboxylic acids is 1. The maximum atomic E-state index is 12.2. The molecule has 3 rings (SSSR count). The van der Waals surface area contributed by atoms with Gasteiger partial charge in [0.1, 0.15) is 6.04 Å². The largest absolute Gasteiger partial charge is 0.465 e. The molecule has 1 aromatic heterocycles. The lowest BCUT2D eigenvalue weighted by molar-refractivity contribution is -0.151. The van der Waals surface area contributed by atoms with Crippen molar-refractivity contribution in [1.82, 2.24) is 14.9 Å². The molecule has 1 unspecified atom stereocenters. The fraction of sp³-hybridized carbons (Fsp3) is 0.471. The minimum atomic E-state index is -0.684. The minimum Gasteiger partial charge on any atom is -0.465 e. The number of ether oxygens (including phenoxy) is 1. The van der Waals surface area contributed by atoms with E-state index < -0.39 is 11.1 Å². The number of benzene rings is 1. The van der Waals surface area contributed by atoms with Gasteiger partial charge in [-0.1, -0.05) is 22.4 Å². The molecule has 0 saturated carbocycles. The van der Waals surface area contributed by atoms with Crippen molar-refractivity contribution in [3.8, 4) is 0 Å². The van der Waals surface area contributed by atoms with Crippen LogP contribution in [0.3, 0.4) is 0 Å². The third kappa shape index (κ3) is 4.44. The summed E-state index contributed by atoms with van der Waals surface area (Å²) in [5, 5.41) is 0. The summed E-state index contributed by atoms with van der Waals surface area (Å²) in [7, 11) is 0. The van der Waals surface area contributed by atoms with Gasteiger partial charge in [-0.25, -0.2) is 0 Å². The predicted octanol–water partition coefficient (Wildman–Crippen LogP) is 2.47. The Morgan fingerprint density at radius 2 is 2.00 bits per heavy atom. The van der Waals surface area contributed by atoms with Gasteiger partial charge in [0.2, 0.25) is 0 Å². The molecule has 1 atom stereocenters. The number of carbonyl (C=O) groups is 1. The Morgan fingerprint density at radius 1 is 1.27 bits per heavy atom. The van der Waals surface area contributed by atoms with Crippen LogP contribution in [0.2, 0.25) is 0 Å². The fourth-order valence-corrected chi connectivity index (χ4v) is 3.79. The summed E-state index contributed by atoms with van der Waals surface area (Å²) < 4.78 is 5.99. The van der Waals surface area contributed by atoms with Gasteiger partial charge in [0, 0.05) is 11.0 Å². The third-order valence-electron chi connectivity index (χ3n) is 4.42. The predicted molar refractivity (Wildman–Crippen MR) is 108 cm³/mol. The van der Waals surface area contributed by atoms with E-state index in [9.17, 15) is 14.4 Å². The molecule has 1 saturated heterocycles. The number of hydrogen-bond acceptors (Lipinski definition) is 5. The zero-order valence-corrected chi connectivity index (χ0v) is 17.6. The van der Waals surface area contributed by atoms with Crippen molar-refractivity contribution in [3.63, 3.8) is 0 Å². The zero-order chi connectivity index (χ0) is 18.0. The molecule has 26 heavy (non-hydrogen) atoms. The molecular formula is C17H21Br2N3O4. The molecule has 2 aromatic rings. The van der Waals surface area contributed by atoms with Gasteiger partial charge in [0.15, 0.2) is 0 Å². The number of esters is 1. The van der Waals surface area contributed by atoms with Crippen LogP contribution < -0.4 is 11.1 Å². The molecule has 0 amide bonds. The molecule has 7 nitrogen and oxygen atoms in total. The summed E-state index contributed by atoms with van der Waals surface area (Å²) in [5.74, 6) is -0.205. The maximum Gasteiger partial charge on any atom is 0.323 e. The first-order valence-electron chi connectivity index (χ1n) is 8.35. The molecule has 1 fully saturated rings. The van der Waals surface area contributed by atoms with E-state index in [4.69, 9.17) is 4.74 Å². The summed E-state index contributed by atoms with van der Waals surface area (Å²) >= 11 is 3.44. The van der Waals surface area contributed by atoms with E-state index in [0.717, 1.165) is 35.8 Å². The van der Waals surface area contributed by atoms with Crippen molar-refractivity contribution >= 4 is 49.9 Å². The van der Waals surface area contributed by atoms with E-state index in [2.05, 4.69) is 30.8 Å². The molecule has 9 heteroatoms. The molecule has 0 radical (unpaired) electrons. The van der Waals surface area contributed by atoms with Crippen LogP contribution in [-0.2, 0) is 16.1 Å². The summed E-state index contributed by atoms with van der Waals surface area (Å²) in [6.45, 7) is 3.43. The van der Waals surface area contributed by atoms with Crippen molar-refractivity contribution in [3.05, 3.63) is 42.9 Å². The van der Waals surface area contributed by atoms with Crippen LogP contribution in [-0.4, -0.2) is 40.0 Å². The van der Waals surface area contributed by atoms with Crippen LogP contribution in [0, 0.1) is 0 Å². The lowest BCUT2D eigenvalue weighted by Gasteiger charge is -2.34. The van der Waals surface area contributed by atoms with Gasteiger partial charge in [-0.05, 0) is 44.0 Å². The van der Waals surface area contributed by atoms with Crippen LogP contribution in [0.15, 0.2) is 26.2 Å². The second kappa shape index (κ2) is 8.96. The number of piperidine rings is 1. The van der Waals surface area contributed by atoms with Crippen LogP contribution in [0.1, 0.15) is 31.7 Å². The molecule has 142 valence electrons. The standard InChI is InChI=1S/C17H20BrN3O4.BrH/c1-2-25-17(24)13-5-3-4-6-21(13)9-10-7-11(18)8-12-14(10)20-16(23)15(22)19-12;/h7-8,13H,2-6,9H2,1H3,(H,19,22)(H,20,23);1H. The number of nitrogens with one attached hydrogen (secondary N) is 2. The number of nitrogens with zero attached hydrogens (tertiary/aromatic N) is 1. The maximum absolute atomic E-state index is 12.2. The number of aromatic amines is 2. The van der Waals surface area contributed by atoms with E-state index >= 15 is 0 Å². The first kappa shape index (κ1) is 20.9. The van der Waals surface area contributed by atoms with Gasteiger partial charge in [0.25, 0.3) is 0 Å². The van der Waals surface area contributed by atoms with Crippen molar-refractivity contribution in [2.24, 2.45) is 0 Å². The van der Waals surface area contributed by atoms with Gasteiger partial charge in [-0.3, -0.25) is 19.3 Å². The molecule has 0 bridgehead atoms. The average molecular weight is 491 g/mol. The smallest absolute Gasteiger partial charge is 0.323 e. The number of H-pyrrole nitrogens is 2. The molecule has 2 heterocycles. The van der Waals surface area contributed by atoms with Crippen molar-refractivity contribution < 1.29 is 9.53 Å². The van der Waals surface area contributed by atoms with Gasteiger partial charge >= 0.3 is 17.1 Å². The Kier molecular flexibility index (Phi) is 7.19. The average Bonchev–Trinajstić information content (AvgIpc) is 2.57. The number of aromatic nitrogens is 2. The van der Waals surface area contributed by atoms with Gasteiger partial charge in [0.05, 0.1) is 17.6 Å².